The highest BCUT2D eigenvalue weighted by molar-refractivity contribution is 7.13. The molecule has 142 valence electrons. The number of pyridine rings is 1. The molecule has 0 radical (unpaired) electrons. The molecule has 0 atom stereocenters. The molecule has 0 unspecified atom stereocenters. The number of nitrogens with zero attached hydrogens (tertiary/aromatic N) is 3. The number of hydrogen-bond acceptors (Lipinski definition) is 4. The summed E-state index contributed by atoms with van der Waals surface area (Å²) in [6, 6.07) is 5.92. The fourth-order valence-corrected chi connectivity index (χ4v) is 3.64. The first-order chi connectivity index (χ1) is 12.8. The maximum absolute atomic E-state index is 12.5. The summed E-state index contributed by atoms with van der Waals surface area (Å²) in [6.07, 6.45) is -3.60. The molecule has 1 N–H and O–H groups in total. The van der Waals surface area contributed by atoms with Gasteiger partial charge < -0.3 is 5.32 Å². The molecular weight excluding hydrogens is 377 g/mol. The Balaban J connectivity index is 1.62. The van der Waals surface area contributed by atoms with Crippen LogP contribution in [0.25, 0.3) is 10.4 Å². The first-order valence-electron chi connectivity index (χ1n) is 8.16. The molecule has 0 bridgehead atoms. The van der Waals surface area contributed by atoms with Gasteiger partial charge in [0.25, 0.3) is 5.91 Å². The molecule has 27 heavy (non-hydrogen) atoms. The predicted molar refractivity (Wildman–Crippen MR) is 96.6 cm³/mol. The van der Waals surface area contributed by atoms with Crippen molar-refractivity contribution in [2.24, 2.45) is 0 Å². The van der Waals surface area contributed by atoms with E-state index in [0.717, 1.165) is 40.2 Å². The molecule has 1 amide bonds. The molecule has 0 saturated carbocycles. The van der Waals surface area contributed by atoms with Crippen molar-refractivity contribution in [3.63, 3.8) is 0 Å². The van der Waals surface area contributed by atoms with Gasteiger partial charge in [0.1, 0.15) is 5.69 Å². The van der Waals surface area contributed by atoms with Gasteiger partial charge in [0, 0.05) is 28.9 Å². The highest BCUT2D eigenvalue weighted by Gasteiger charge is 2.32. The zero-order chi connectivity index (χ0) is 19.6. The Morgan fingerprint density at radius 3 is 2.63 bits per heavy atom. The fraction of sp³-hybridized carbons (Fsp3) is 0.278. The average molecular weight is 394 g/mol. The Morgan fingerprint density at radius 2 is 2.04 bits per heavy atom. The minimum atomic E-state index is -4.52. The molecule has 3 rings (SSSR count). The molecule has 9 heteroatoms. The van der Waals surface area contributed by atoms with Crippen molar-refractivity contribution in [3.05, 3.63) is 58.5 Å². The second-order valence-corrected chi connectivity index (χ2v) is 6.88. The number of carbonyl (C=O) groups is 1. The van der Waals surface area contributed by atoms with Crippen molar-refractivity contribution >= 4 is 17.2 Å². The van der Waals surface area contributed by atoms with Gasteiger partial charge in [-0.15, -0.1) is 11.3 Å². The normalized spacial score (nSPS) is 11.6. The molecule has 0 aliphatic heterocycles. The topological polar surface area (TPSA) is 59.8 Å². The molecule has 0 spiro atoms. The fourth-order valence-electron chi connectivity index (χ4n) is 2.77. The van der Waals surface area contributed by atoms with Crippen LogP contribution in [0.15, 0.2) is 35.8 Å². The van der Waals surface area contributed by atoms with Crippen LogP contribution in [0.3, 0.4) is 0 Å². The number of amides is 1. The summed E-state index contributed by atoms with van der Waals surface area (Å²) in [5, 5.41) is 9.19. The van der Waals surface area contributed by atoms with Crippen LogP contribution >= 0.6 is 11.3 Å². The van der Waals surface area contributed by atoms with Crippen molar-refractivity contribution in [3.8, 4) is 10.4 Å². The van der Waals surface area contributed by atoms with E-state index < -0.39 is 17.8 Å². The van der Waals surface area contributed by atoms with Crippen LogP contribution in [0.2, 0.25) is 0 Å². The van der Waals surface area contributed by atoms with Gasteiger partial charge in [-0.1, -0.05) is 6.07 Å². The molecule has 3 aromatic heterocycles. The number of hydrogen-bond donors (Lipinski definition) is 1. The van der Waals surface area contributed by atoms with E-state index >= 15 is 0 Å². The lowest BCUT2D eigenvalue weighted by Crippen LogP contribution is -2.28. The van der Waals surface area contributed by atoms with Crippen LogP contribution in [0.4, 0.5) is 13.2 Å². The van der Waals surface area contributed by atoms with Gasteiger partial charge in [-0.2, -0.15) is 18.3 Å². The van der Waals surface area contributed by atoms with Gasteiger partial charge in [-0.25, -0.2) is 0 Å². The smallest absolute Gasteiger partial charge is 0.350 e. The third-order valence-corrected chi connectivity index (χ3v) is 4.96. The lowest BCUT2D eigenvalue weighted by molar-refractivity contribution is -0.141. The zero-order valence-corrected chi connectivity index (χ0v) is 15.5. The number of thiophene rings is 1. The number of carbonyl (C=O) groups excluding carboxylic acids is 1. The van der Waals surface area contributed by atoms with Crippen molar-refractivity contribution in [1.82, 2.24) is 20.1 Å². The van der Waals surface area contributed by atoms with E-state index in [9.17, 15) is 18.0 Å². The molecule has 0 aliphatic carbocycles. The maximum atomic E-state index is 12.5. The van der Waals surface area contributed by atoms with Crippen LogP contribution < -0.4 is 5.32 Å². The highest BCUT2D eigenvalue weighted by Crippen LogP contribution is 2.30. The van der Waals surface area contributed by atoms with Gasteiger partial charge >= 0.3 is 6.18 Å². The number of nitrogens with one attached hydrogen (secondary N) is 1. The van der Waals surface area contributed by atoms with Crippen LogP contribution in [-0.2, 0) is 12.7 Å². The van der Waals surface area contributed by atoms with Crippen LogP contribution in [0.5, 0.6) is 0 Å². The predicted octanol–water partition coefficient (Wildman–Crippen LogP) is 4.07. The lowest BCUT2D eigenvalue weighted by Gasteiger charge is -2.09. The molecular formula is C18H17F3N4OS. The molecule has 0 fully saturated rings. The Kier molecular flexibility index (Phi) is 5.31. The SMILES string of the molecule is Cc1nn(CCNC(=O)c2ccc(C(F)(F)F)nc2)c(C)c1-c1cccs1. The van der Waals surface area contributed by atoms with Crippen molar-refractivity contribution < 1.29 is 18.0 Å². The number of alkyl halides is 3. The summed E-state index contributed by atoms with van der Waals surface area (Å²) in [6.45, 7) is 4.66. The van der Waals surface area contributed by atoms with Crippen molar-refractivity contribution in [2.45, 2.75) is 26.6 Å². The van der Waals surface area contributed by atoms with Gasteiger partial charge in [-0.3, -0.25) is 14.5 Å². The van der Waals surface area contributed by atoms with Crippen LogP contribution in [0, 0.1) is 13.8 Å². The zero-order valence-electron chi connectivity index (χ0n) is 14.7. The van der Waals surface area contributed by atoms with Gasteiger partial charge in [-0.05, 0) is 37.4 Å². The second-order valence-electron chi connectivity index (χ2n) is 5.93. The Bertz CT molecular complexity index is 931. The molecule has 5 nitrogen and oxygen atoms in total. The van der Waals surface area contributed by atoms with Gasteiger partial charge in [0.2, 0.25) is 0 Å². The molecule has 0 aromatic carbocycles. The van der Waals surface area contributed by atoms with E-state index in [1.54, 1.807) is 11.3 Å². The van der Waals surface area contributed by atoms with Crippen LogP contribution in [0.1, 0.15) is 27.4 Å². The number of halogens is 3. The maximum Gasteiger partial charge on any atom is 0.433 e. The summed E-state index contributed by atoms with van der Waals surface area (Å²) in [5.41, 5.74) is 2.05. The molecule has 0 aliphatic rings. The highest BCUT2D eigenvalue weighted by atomic mass is 32.1. The van der Waals surface area contributed by atoms with E-state index in [-0.39, 0.29) is 5.56 Å². The first-order valence-corrected chi connectivity index (χ1v) is 9.04. The standard InChI is InChI=1S/C18H17F3N4OS/c1-11-16(14-4-3-9-27-14)12(2)25(24-11)8-7-22-17(26)13-5-6-15(23-10-13)18(19,20)21/h3-6,9-10H,7-8H2,1-2H3,(H,22,26). The molecule has 3 heterocycles. The summed E-state index contributed by atoms with van der Waals surface area (Å²) in [7, 11) is 0. The summed E-state index contributed by atoms with van der Waals surface area (Å²) >= 11 is 1.64. The molecule has 0 saturated heterocycles. The summed E-state index contributed by atoms with van der Waals surface area (Å²) in [5.74, 6) is -0.476. The number of aromatic nitrogens is 3. The number of rotatable bonds is 5. The van der Waals surface area contributed by atoms with Crippen LogP contribution in [-0.4, -0.2) is 27.2 Å². The minimum absolute atomic E-state index is 0.0793. The first kappa shape index (κ1) is 19.1. The number of aryl methyl sites for hydroxylation is 1. The summed E-state index contributed by atoms with van der Waals surface area (Å²) in [4.78, 5) is 16.5. The Morgan fingerprint density at radius 1 is 1.26 bits per heavy atom. The van der Waals surface area contributed by atoms with E-state index in [1.165, 1.54) is 0 Å². The van der Waals surface area contributed by atoms with E-state index in [2.05, 4.69) is 15.4 Å². The van der Waals surface area contributed by atoms with E-state index in [4.69, 9.17) is 0 Å². The Hall–Kier alpha value is -2.68. The minimum Gasteiger partial charge on any atom is -0.350 e. The third kappa shape index (κ3) is 4.19. The lowest BCUT2D eigenvalue weighted by atomic mass is 10.1. The second kappa shape index (κ2) is 7.51. The monoisotopic (exact) mass is 394 g/mol. The van der Waals surface area contributed by atoms with Crippen molar-refractivity contribution in [2.75, 3.05) is 6.54 Å². The van der Waals surface area contributed by atoms with Crippen molar-refractivity contribution in [1.29, 1.82) is 0 Å². The average Bonchev–Trinajstić information content (AvgIpc) is 3.22. The van der Waals surface area contributed by atoms with E-state index in [0.29, 0.717) is 13.1 Å². The van der Waals surface area contributed by atoms with Gasteiger partial charge in [0.05, 0.1) is 17.8 Å². The third-order valence-electron chi connectivity index (χ3n) is 4.07. The van der Waals surface area contributed by atoms with Gasteiger partial charge in [0.15, 0.2) is 0 Å². The summed E-state index contributed by atoms with van der Waals surface area (Å²) < 4.78 is 39.4. The Labute approximate surface area is 157 Å². The largest absolute Gasteiger partial charge is 0.433 e. The molecule has 3 aromatic rings. The van der Waals surface area contributed by atoms with E-state index in [1.807, 2.05) is 36.0 Å². The quantitative estimate of drug-likeness (QED) is 0.710.